The van der Waals surface area contributed by atoms with Crippen molar-refractivity contribution < 1.29 is 0 Å². The normalized spacial score (nSPS) is 24.5. The van der Waals surface area contributed by atoms with E-state index < -0.39 is 0 Å². The SMILES string of the molecule is CN(C)CC1CCN(CCCN)C1. The van der Waals surface area contributed by atoms with Crippen molar-refractivity contribution in [3.05, 3.63) is 0 Å². The Balaban J connectivity index is 2.12. The largest absolute Gasteiger partial charge is 0.330 e. The molecule has 1 unspecified atom stereocenters. The molecule has 0 amide bonds. The molecule has 0 aromatic rings. The van der Waals surface area contributed by atoms with Crippen molar-refractivity contribution in [2.75, 3.05) is 46.8 Å². The van der Waals surface area contributed by atoms with E-state index >= 15 is 0 Å². The maximum absolute atomic E-state index is 5.49. The number of rotatable bonds is 5. The summed E-state index contributed by atoms with van der Waals surface area (Å²) in [5.41, 5.74) is 5.49. The molecule has 1 rings (SSSR count). The molecule has 0 radical (unpaired) electrons. The molecule has 1 atom stereocenters. The first-order chi connectivity index (χ1) is 6.22. The molecule has 0 aromatic carbocycles. The van der Waals surface area contributed by atoms with Gasteiger partial charge in [-0.25, -0.2) is 0 Å². The number of hydrogen-bond donors (Lipinski definition) is 1. The van der Waals surface area contributed by atoms with Crippen molar-refractivity contribution >= 4 is 0 Å². The fourth-order valence-corrected chi connectivity index (χ4v) is 2.10. The summed E-state index contributed by atoms with van der Waals surface area (Å²) in [5, 5.41) is 0. The summed E-state index contributed by atoms with van der Waals surface area (Å²) >= 11 is 0. The molecule has 1 saturated heterocycles. The quantitative estimate of drug-likeness (QED) is 0.665. The summed E-state index contributed by atoms with van der Waals surface area (Å²) < 4.78 is 0. The molecular formula is C10H23N3. The molecule has 1 aliphatic heterocycles. The Morgan fingerprint density at radius 3 is 2.85 bits per heavy atom. The van der Waals surface area contributed by atoms with Gasteiger partial charge in [0, 0.05) is 13.1 Å². The molecule has 1 aliphatic rings. The van der Waals surface area contributed by atoms with Gasteiger partial charge in [0.15, 0.2) is 0 Å². The van der Waals surface area contributed by atoms with Gasteiger partial charge < -0.3 is 15.5 Å². The molecule has 1 fully saturated rings. The molecule has 0 saturated carbocycles. The molecule has 2 N–H and O–H groups in total. The Morgan fingerprint density at radius 1 is 1.46 bits per heavy atom. The average molecular weight is 185 g/mol. The summed E-state index contributed by atoms with van der Waals surface area (Å²) in [6.45, 7) is 5.81. The van der Waals surface area contributed by atoms with Crippen molar-refractivity contribution in [2.24, 2.45) is 11.7 Å². The van der Waals surface area contributed by atoms with Gasteiger partial charge in [0.25, 0.3) is 0 Å². The van der Waals surface area contributed by atoms with Crippen molar-refractivity contribution in [1.82, 2.24) is 9.80 Å². The van der Waals surface area contributed by atoms with Crippen LogP contribution in [0.3, 0.4) is 0 Å². The van der Waals surface area contributed by atoms with Gasteiger partial charge in [-0.2, -0.15) is 0 Å². The predicted molar refractivity (Wildman–Crippen MR) is 56.8 cm³/mol. The number of nitrogens with zero attached hydrogens (tertiary/aromatic N) is 2. The third kappa shape index (κ3) is 4.07. The van der Waals surface area contributed by atoms with Gasteiger partial charge >= 0.3 is 0 Å². The Morgan fingerprint density at radius 2 is 2.23 bits per heavy atom. The second-order valence-electron chi connectivity index (χ2n) is 4.36. The van der Waals surface area contributed by atoms with Gasteiger partial charge in [0.1, 0.15) is 0 Å². The summed E-state index contributed by atoms with van der Waals surface area (Å²) in [7, 11) is 4.31. The minimum absolute atomic E-state index is 0.828. The first-order valence-corrected chi connectivity index (χ1v) is 5.29. The molecule has 3 nitrogen and oxygen atoms in total. The number of nitrogens with two attached hydrogens (primary N) is 1. The molecule has 0 spiro atoms. The zero-order chi connectivity index (χ0) is 9.68. The van der Waals surface area contributed by atoms with Crippen LogP contribution < -0.4 is 5.73 Å². The van der Waals surface area contributed by atoms with Crippen LogP contribution in [0.25, 0.3) is 0 Å². The second-order valence-corrected chi connectivity index (χ2v) is 4.36. The fraction of sp³-hybridized carbons (Fsp3) is 1.00. The fourth-order valence-electron chi connectivity index (χ4n) is 2.10. The highest BCUT2D eigenvalue weighted by Crippen LogP contribution is 2.16. The van der Waals surface area contributed by atoms with Crippen LogP contribution in [-0.2, 0) is 0 Å². The number of likely N-dealkylation sites (tertiary alicyclic amines) is 1. The first-order valence-electron chi connectivity index (χ1n) is 5.29. The van der Waals surface area contributed by atoms with Crippen LogP contribution in [0.2, 0.25) is 0 Å². The average Bonchev–Trinajstić information content (AvgIpc) is 2.48. The van der Waals surface area contributed by atoms with E-state index in [9.17, 15) is 0 Å². The minimum Gasteiger partial charge on any atom is -0.330 e. The maximum atomic E-state index is 5.49. The molecule has 0 bridgehead atoms. The van der Waals surface area contributed by atoms with Crippen LogP contribution in [0.4, 0.5) is 0 Å². The lowest BCUT2D eigenvalue weighted by Gasteiger charge is -2.17. The smallest absolute Gasteiger partial charge is 0.00224 e. The van der Waals surface area contributed by atoms with Crippen LogP contribution in [0.1, 0.15) is 12.8 Å². The predicted octanol–water partition coefficient (Wildman–Crippen LogP) is 0.219. The van der Waals surface area contributed by atoms with Crippen LogP contribution in [-0.4, -0.2) is 56.6 Å². The Bertz CT molecular complexity index is 136. The standard InChI is InChI=1S/C10H23N3/c1-12(2)8-10-4-7-13(9-10)6-3-5-11/h10H,3-9,11H2,1-2H3. The maximum Gasteiger partial charge on any atom is 0.00224 e. The van der Waals surface area contributed by atoms with Crippen LogP contribution in [0, 0.1) is 5.92 Å². The monoisotopic (exact) mass is 185 g/mol. The van der Waals surface area contributed by atoms with E-state index in [1.165, 1.54) is 32.6 Å². The highest BCUT2D eigenvalue weighted by molar-refractivity contribution is 4.76. The van der Waals surface area contributed by atoms with E-state index in [2.05, 4.69) is 23.9 Å². The zero-order valence-corrected chi connectivity index (χ0v) is 9.00. The third-order valence-electron chi connectivity index (χ3n) is 2.67. The lowest BCUT2D eigenvalue weighted by molar-refractivity contribution is 0.290. The van der Waals surface area contributed by atoms with Gasteiger partial charge in [-0.05, 0) is 52.5 Å². The molecule has 0 aromatic heterocycles. The zero-order valence-electron chi connectivity index (χ0n) is 9.00. The summed E-state index contributed by atoms with van der Waals surface area (Å²) in [6, 6.07) is 0. The van der Waals surface area contributed by atoms with Gasteiger partial charge in [0.05, 0.1) is 0 Å². The Labute approximate surface area is 81.9 Å². The summed E-state index contributed by atoms with van der Waals surface area (Å²) in [5.74, 6) is 0.882. The van der Waals surface area contributed by atoms with Crippen LogP contribution >= 0.6 is 0 Å². The van der Waals surface area contributed by atoms with Gasteiger partial charge in [-0.3, -0.25) is 0 Å². The number of hydrogen-bond acceptors (Lipinski definition) is 3. The van der Waals surface area contributed by atoms with Crippen molar-refractivity contribution in [1.29, 1.82) is 0 Å². The van der Waals surface area contributed by atoms with E-state index in [0.717, 1.165) is 18.9 Å². The molecule has 1 heterocycles. The van der Waals surface area contributed by atoms with Crippen molar-refractivity contribution in [3.8, 4) is 0 Å². The first kappa shape index (κ1) is 11.0. The highest BCUT2D eigenvalue weighted by Gasteiger charge is 2.21. The lowest BCUT2D eigenvalue weighted by Crippen LogP contribution is -2.27. The van der Waals surface area contributed by atoms with E-state index in [4.69, 9.17) is 5.73 Å². The van der Waals surface area contributed by atoms with Crippen molar-refractivity contribution in [2.45, 2.75) is 12.8 Å². The van der Waals surface area contributed by atoms with Crippen molar-refractivity contribution in [3.63, 3.8) is 0 Å². The molecule has 0 aliphatic carbocycles. The molecular weight excluding hydrogens is 162 g/mol. The Hall–Kier alpha value is -0.120. The highest BCUT2D eigenvalue weighted by atomic mass is 15.2. The van der Waals surface area contributed by atoms with Gasteiger partial charge in [0.2, 0.25) is 0 Å². The summed E-state index contributed by atoms with van der Waals surface area (Å²) in [4.78, 5) is 4.83. The van der Waals surface area contributed by atoms with E-state index in [0.29, 0.717) is 0 Å². The lowest BCUT2D eigenvalue weighted by atomic mass is 10.1. The van der Waals surface area contributed by atoms with E-state index in [-0.39, 0.29) is 0 Å². The topological polar surface area (TPSA) is 32.5 Å². The van der Waals surface area contributed by atoms with Crippen LogP contribution in [0.15, 0.2) is 0 Å². The molecule has 78 valence electrons. The van der Waals surface area contributed by atoms with Gasteiger partial charge in [-0.15, -0.1) is 0 Å². The van der Waals surface area contributed by atoms with Gasteiger partial charge in [-0.1, -0.05) is 0 Å². The molecule has 13 heavy (non-hydrogen) atoms. The minimum atomic E-state index is 0.828. The van der Waals surface area contributed by atoms with E-state index in [1.54, 1.807) is 0 Å². The van der Waals surface area contributed by atoms with E-state index in [1.807, 2.05) is 0 Å². The van der Waals surface area contributed by atoms with Crippen LogP contribution in [0.5, 0.6) is 0 Å². The Kier molecular flexibility index (Phi) is 4.70. The third-order valence-corrected chi connectivity index (χ3v) is 2.67. The second kappa shape index (κ2) is 5.58. The molecule has 3 heteroatoms. The summed E-state index contributed by atoms with van der Waals surface area (Å²) in [6.07, 6.45) is 2.51.